The van der Waals surface area contributed by atoms with Gasteiger partial charge in [-0.3, -0.25) is 15.1 Å². The Bertz CT molecular complexity index is 2060. The molecule has 0 aliphatic heterocycles. The lowest BCUT2D eigenvalue weighted by molar-refractivity contribution is -0.145. The van der Waals surface area contributed by atoms with Crippen LogP contribution in [-0.4, -0.2) is 33.3 Å². The Morgan fingerprint density at radius 2 is 1.60 bits per heavy atom. The van der Waals surface area contributed by atoms with E-state index in [1.165, 1.54) is 13.1 Å². The van der Waals surface area contributed by atoms with E-state index in [2.05, 4.69) is 66.6 Å². The molecule has 1 aromatic heterocycles. The van der Waals surface area contributed by atoms with Crippen molar-refractivity contribution in [2.45, 2.75) is 52.6 Å². The first-order chi connectivity index (χ1) is 24.1. The molecule has 5 N–H and O–H groups in total. The summed E-state index contributed by atoms with van der Waals surface area (Å²) in [6.45, 7) is 5.80. The minimum Gasteiger partial charge on any atom is -0.488 e. The summed E-state index contributed by atoms with van der Waals surface area (Å²) in [5, 5.41) is 31.8. The van der Waals surface area contributed by atoms with Gasteiger partial charge in [0, 0.05) is 42.7 Å². The van der Waals surface area contributed by atoms with E-state index in [0.29, 0.717) is 39.8 Å². The molecule has 0 saturated carbocycles. The van der Waals surface area contributed by atoms with Crippen molar-refractivity contribution >= 4 is 17.6 Å². The summed E-state index contributed by atoms with van der Waals surface area (Å²) in [6, 6.07) is 27.8. The molecule has 1 atom stereocenters. The van der Waals surface area contributed by atoms with E-state index in [1.807, 2.05) is 24.3 Å². The number of nitrogens with zero attached hydrogens (tertiary/aromatic N) is 2. The lowest BCUT2D eigenvalue weighted by Gasteiger charge is -2.25. The van der Waals surface area contributed by atoms with Gasteiger partial charge in [-0.15, -0.1) is 0 Å². The molecule has 0 amide bonds. The summed E-state index contributed by atoms with van der Waals surface area (Å²) in [4.78, 5) is 15.9. The van der Waals surface area contributed by atoms with Crippen LogP contribution in [-0.2, 0) is 31.1 Å². The fourth-order valence-corrected chi connectivity index (χ4v) is 5.87. The van der Waals surface area contributed by atoms with Crippen LogP contribution in [0.25, 0.3) is 22.3 Å². The number of carbonyl (C=O) groups is 1. The number of pyridine rings is 1. The average Bonchev–Trinajstić information content (AvgIpc) is 3.13. The van der Waals surface area contributed by atoms with Gasteiger partial charge in [0.25, 0.3) is 0 Å². The van der Waals surface area contributed by atoms with Crippen LogP contribution in [0.3, 0.4) is 0 Å². The van der Waals surface area contributed by atoms with Gasteiger partial charge in [0.15, 0.2) is 0 Å². The lowest BCUT2D eigenvalue weighted by Crippen LogP contribution is -2.52. The molecule has 0 saturated heterocycles. The minimum absolute atomic E-state index is 0.0330. The van der Waals surface area contributed by atoms with Crippen molar-refractivity contribution < 1.29 is 24.5 Å². The van der Waals surface area contributed by atoms with E-state index < -0.39 is 18.1 Å². The van der Waals surface area contributed by atoms with Crippen molar-refractivity contribution in [1.29, 1.82) is 5.26 Å². The Balaban J connectivity index is 1.42. The molecule has 0 aliphatic carbocycles. The monoisotopic (exact) mass is 690 g/mol. The number of nitrogens with one attached hydrogen (secondary N) is 1. The highest BCUT2D eigenvalue weighted by molar-refractivity contribution is 6.32. The third kappa shape index (κ3) is 8.13. The topological polar surface area (TPSA) is 151 Å². The predicted octanol–water partition coefficient (Wildman–Crippen LogP) is 7.10. The van der Waals surface area contributed by atoms with Crippen LogP contribution in [0, 0.1) is 25.2 Å². The predicted molar refractivity (Wildman–Crippen MR) is 194 cm³/mol. The van der Waals surface area contributed by atoms with E-state index in [4.69, 9.17) is 26.8 Å². The van der Waals surface area contributed by atoms with E-state index in [0.717, 1.165) is 44.5 Å². The van der Waals surface area contributed by atoms with Crippen molar-refractivity contribution in [1.82, 2.24) is 10.3 Å². The molecule has 5 rings (SSSR count). The van der Waals surface area contributed by atoms with Crippen LogP contribution in [0.4, 0.5) is 0 Å². The normalized spacial score (nSPS) is 12.2. The summed E-state index contributed by atoms with van der Waals surface area (Å²) < 4.78 is 12.5. The van der Waals surface area contributed by atoms with Gasteiger partial charge in [-0.2, -0.15) is 5.26 Å². The number of nitriles is 1. The number of hydrogen-bond donors (Lipinski definition) is 4. The SMILES string of the molecule is Cc1c(COc2cc(OCc3cncc(C#N)c3)c(CN[C@@](C)(CO)C(=O)O)cc2Cl)cccc1-c1cccc(-c2cccc(CN)c2)c1C. The van der Waals surface area contributed by atoms with Gasteiger partial charge in [0.2, 0.25) is 0 Å². The van der Waals surface area contributed by atoms with Crippen molar-refractivity contribution in [3.63, 3.8) is 0 Å². The van der Waals surface area contributed by atoms with E-state index >= 15 is 0 Å². The first kappa shape index (κ1) is 36.1. The molecule has 0 radical (unpaired) electrons. The van der Waals surface area contributed by atoms with E-state index in [9.17, 15) is 20.3 Å². The molecule has 0 fully saturated rings. The Hall–Kier alpha value is -5.24. The maximum absolute atomic E-state index is 11.8. The number of ether oxygens (including phenoxy) is 2. The van der Waals surface area contributed by atoms with Crippen molar-refractivity contribution in [3.05, 3.63) is 135 Å². The quantitative estimate of drug-likeness (QED) is 0.0957. The highest BCUT2D eigenvalue weighted by atomic mass is 35.5. The summed E-state index contributed by atoms with van der Waals surface area (Å²) in [7, 11) is 0. The van der Waals surface area contributed by atoms with Gasteiger partial charge in [-0.25, -0.2) is 0 Å². The number of nitrogens with two attached hydrogens (primary N) is 1. The molecule has 1 heterocycles. The van der Waals surface area contributed by atoms with Crippen molar-refractivity contribution in [2.24, 2.45) is 5.73 Å². The first-order valence-electron chi connectivity index (χ1n) is 16.1. The van der Waals surface area contributed by atoms with Gasteiger partial charge in [-0.1, -0.05) is 66.2 Å². The van der Waals surface area contributed by atoms with Gasteiger partial charge < -0.3 is 25.4 Å². The van der Waals surface area contributed by atoms with Crippen LogP contribution in [0.15, 0.2) is 91.3 Å². The molecule has 4 aromatic carbocycles. The maximum Gasteiger partial charge on any atom is 0.326 e. The Kier molecular flexibility index (Phi) is 11.5. The molecule has 0 spiro atoms. The first-order valence-corrected chi connectivity index (χ1v) is 16.4. The second-order valence-corrected chi connectivity index (χ2v) is 12.7. The fourth-order valence-electron chi connectivity index (χ4n) is 5.63. The Morgan fingerprint density at radius 3 is 2.32 bits per heavy atom. The molecule has 50 heavy (non-hydrogen) atoms. The second kappa shape index (κ2) is 16.0. The molecule has 0 aliphatic rings. The number of aliphatic hydroxyl groups is 1. The minimum atomic E-state index is -1.58. The molecular formula is C40H39ClN4O5. The number of aliphatic carboxylic acids is 1. The molecule has 0 unspecified atom stereocenters. The van der Waals surface area contributed by atoms with Gasteiger partial charge >= 0.3 is 5.97 Å². The lowest BCUT2D eigenvalue weighted by atomic mass is 9.89. The van der Waals surface area contributed by atoms with Gasteiger partial charge in [0.05, 0.1) is 17.2 Å². The van der Waals surface area contributed by atoms with E-state index in [1.54, 1.807) is 24.4 Å². The molecule has 0 bridgehead atoms. The molecule has 9 nitrogen and oxygen atoms in total. The molecule has 10 heteroatoms. The summed E-state index contributed by atoms with van der Waals surface area (Å²) in [5.41, 5.74) is 14.7. The maximum atomic E-state index is 11.8. The zero-order chi connectivity index (χ0) is 35.8. The number of halogens is 1. The van der Waals surface area contributed by atoms with Crippen LogP contribution in [0.2, 0.25) is 5.02 Å². The Labute approximate surface area is 296 Å². The highest BCUT2D eigenvalue weighted by Crippen LogP contribution is 2.37. The zero-order valence-corrected chi connectivity index (χ0v) is 28.9. The second-order valence-electron chi connectivity index (χ2n) is 12.3. The number of aromatic nitrogens is 1. The number of carboxylic acids is 1. The summed E-state index contributed by atoms with van der Waals surface area (Å²) >= 11 is 6.73. The Morgan fingerprint density at radius 1 is 0.900 bits per heavy atom. The standard InChI is InChI=1S/C40H39ClN4O5/c1-25-31(9-5-11-34(25)35-12-6-10-33(26(35)2)30-8-4-7-27(14-30)17-42)23-50-38-16-37(49-22-29-13-28(18-43)19-44-20-29)32(15-36(38)41)21-45-40(3,24-46)39(47)48/h4-16,19-20,45-46H,17,21-24,42H2,1-3H3,(H,47,48)/t40-/m0/s1. The fraction of sp³-hybridized carbons (Fsp3) is 0.225. The van der Waals surface area contributed by atoms with Crippen LogP contribution in [0.1, 0.15) is 45.9 Å². The summed E-state index contributed by atoms with van der Waals surface area (Å²) in [6.07, 6.45) is 3.06. The largest absolute Gasteiger partial charge is 0.488 e. The molecule has 5 aromatic rings. The number of rotatable bonds is 14. The number of benzene rings is 4. The van der Waals surface area contributed by atoms with Crippen molar-refractivity contribution in [3.8, 4) is 39.8 Å². The average molecular weight is 691 g/mol. The number of aliphatic hydroxyl groups excluding tert-OH is 1. The van der Waals surface area contributed by atoms with Gasteiger partial charge in [-0.05, 0) is 83.5 Å². The third-order valence-electron chi connectivity index (χ3n) is 8.82. The van der Waals surface area contributed by atoms with E-state index in [-0.39, 0.29) is 19.8 Å². The highest BCUT2D eigenvalue weighted by Gasteiger charge is 2.32. The summed E-state index contributed by atoms with van der Waals surface area (Å²) in [5.74, 6) is -0.435. The molecular weight excluding hydrogens is 652 g/mol. The number of carboxylic acid groups (broad SMARTS) is 1. The smallest absolute Gasteiger partial charge is 0.326 e. The van der Waals surface area contributed by atoms with Gasteiger partial charge in [0.1, 0.15) is 36.3 Å². The van der Waals surface area contributed by atoms with Crippen molar-refractivity contribution in [2.75, 3.05) is 6.61 Å². The number of hydrogen-bond acceptors (Lipinski definition) is 8. The van der Waals surface area contributed by atoms with Crippen LogP contribution in [0.5, 0.6) is 11.5 Å². The van der Waals surface area contributed by atoms with Crippen LogP contribution >= 0.6 is 11.6 Å². The van der Waals surface area contributed by atoms with Crippen LogP contribution < -0.4 is 20.5 Å². The zero-order valence-electron chi connectivity index (χ0n) is 28.2. The molecule has 256 valence electrons. The third-order valence-corrected chi connectivity index (χ3v) is 9.11.